The summed E-state index contributed by atoms with van der Waals surface area (Å²) in [6.07, 6.45) is 2.96. The van der Waals surface area contributed by atoms with Crippen molar-refractivity contribution in [3.8, 4) is 0 Å². The van der Waals surface area contributed by atoms with Crippen LogP contribution in [0.15, 0.2) is 11.5 Å². The number of aliphatic hydroxyl groups is 1. The molecule has 0 saturated carbocycles. The highest BCUT2D eigenvalue weighted by Gasteiger charge is 2.35. The Bertz CT molecular complexity index is 202. The van der Waals surface area contributed by atoms with E-state index in [1.54, 1.807) is 21.3 Å². The Morgan fingerprint density at radius 3 is 2.14 bits per heavy atom. The smallest absolute Gasteiger partial charge is 0.326 e. The summed E-state index contributed by atoms with van der Waals surface area (Å²) in [5.41, 5.74) is -0.283. The van der Waals surface area contributed by atoms with Gasteiger partial charge in [-0.05, 0) is 41.0 Å². The van der Waals surface area contributed by atoms with Crippen molar-refractivity contribution < 1.29 is 9.76 Å². The maximum absolute atomic E-state index is 9.84. The standard InChI is InChI=1S/C11H22BO2/c1-7-9(8-2)12-14-11(5,6)10(3,4)13/h7,13H,8H2,1-6H3. The monoisotopic (exact) mass is 197 g/mol. The van der Waals surface area contributed by atoms with Crippen LogP contribution in [0.5, 0.6) is 0 Å². The van der Waals surface area contributed by atoms with Crippen LogP contribution < -0.4 is 0 Å². The third-order valence-electron chi connectivity index (χ3n) is 2.76. The van der Waals surface area contributed by atoms with Crippen LogP contribution in [0.1, 0.15) is 48.0 Å². The molecule has 3 heteroatoms. The summed E-state index contributed by atoms with van der Waals surface area (Å²) < 4.78 is 5.59. The molecular formula is C11H22BO2. The predicted molar refractivity (Wildman–Crippen MR) is 61.3 cm³/mol. The zero-order valence-electron chi connectivity index (χ0n) is 10.2. The summed E-state index contributed by atoms with van der Waals surface area (Å²) in [4.78, 5) is 0. The van der Waals surface area contributed by atoms with E-state index >= 15 is 0 Å². The average molecular weight is 197 g/mol. The van der Waals surface area contributed by atoms with Gasteiger partial charge in [-0.15, -0.1) is 0 Å². The minimum absolute atomic E-state index is 0.573. The van der Waals surface area contributed by atoms with Gasteiger partial charge in [-0.25, -0.2) is 0 Å². The van der Waals surface area contributed by atoms with E-state index in [0.717, 1.165) is 11.9 Å². The van der Waals surface area contributed by atoms with Crippen LogP contribution in [-0.4, -0.2) is 23.8 Å². The number of rotatable bonds is 5. The van der Waals surface area contributed by atoms with Gasteiger partial charge >= 0.3 is 7.48 Å². The Labute approximate surface area is 88.6 Å². The first kappa shape index (κ1) is 13.7. The molecular weight excluding hydrogens is 175 g/mol. The van der Waals surface area contributed by atoms with Crippen molar-refractivity contribution in [2.75, 3.05) is 0 Å². The first-order chi connectivity index (χ1) is 6.24. The van der Waals surface area contributed by atoms with Gasteiger partial charge in [-0.2, -0.15) is 0 Å². The highest BCUT2D eigenvalue weighted by atomic mass is 16.5. The fourth-order valence-electron chi connectivity index (χ4n) is 0.723. The van der Waals surface area contributed by atoms with E-state index in [9.17, 15) is 5.11 Å². The Balaban J connectivity index is 4.26. The first-order valence-electron chi connectivity index (χ1n) is 5.13. The van der Waals surface area contributed by atoms with Crippen LogP contribution >= 0.6 is 0 Å². The maximum Gasteiger partial charge on any atom is 0.326 e. The third-order valence-corrected chi connectivity index (χ3v) is 2.76. The molecule has 0 amide bonds. The van der Waals surface area contributed by atoms with Crippen molar-refractivity contribution in [3.05, 3.63) is 11.5 Å². The second-order valence-electron chi connectivity index (χ2n) is 4.52. The second kappa shape index (κ2) is 4.99. The topological polar surface area (TPSA) is 29.5 Å². The minimum atomic E-state index is -0.851. The number of hydrogen-bond donors (Lipinski definition) is 1. The molecule has 1 radical (unpaired) electrons. The van der Waals surface area contributed by atoms with Crippen LogP contribution in [0.4, 0.5) is 0 Å². The second-order valence-corrected chi connectivity index (χ2v) is 4.52. The Kier molecular flexibility index (Phi) is 4.89. The zero-order valence-corrected chi connectivity index (χ0v) is 10.2. The van der Waals surface area contributed by atoms with Crippen molar-refractivity contribution in [2.24, 2.45) is 0 Å². The molecule has 0 heterocycles. The SMILES string of the molecule is CC=C([B]OC(C)(C)C(C)(C)O)CC. The summed E-state index contributed by atoms with van der Waals surface area (Å²) >= 11 is 0. The first-order valence-corrected chi connectivity index (χ1v) is 5.13. The van der Waals surface area contributed by atoms with Gasteiger partial charge in [0.15, 0.2) is 0 Å². The molecule has 14 heavy (non-hydrogen) atoms. The molecule has 2 nitrogen and oxygen atoms in total. The molecule has 0 spiro atoms. The largest absolute Gasteiger partial charge is 0.427 e. The van der Waals surface area contributed by atoms with Crippen molar-refractivity contribution in [1.29, 1.82) is 0 Å². The molecule has 0 unspecified atom stereocenters. The quantitative estimate of drug-likeness (QED) is 0.686. The lowest BCUT2D eigenvalue weighted by atomic mass is 9.81. The molecule has 0 aliphatic rings. The van der Waals surface area contributed by atoms with Gasteiger partial charge in [-0.1, -0.05) is 18.5 Å². The molecule has 81 valence electrons. The fraction of sp³-hybridized carbons (Fsp3) is 0.818. The predicted octanol–water partition coefficient (Wildman–Crippen LogP) is 2.49. The number of hydrogen-bond acceptors (Lipinski definition) is 2. The molecule has 0 aliphatic carbocycles. The summed E-state index contributed by atoms with van der Waals surface area (Å²) in [7, 11) is 1.73. The van der Waals surface area contributed by atoms with E-state index in [1.807, 2.05) is 26.8 Å². The summed E-state index contributed by atoms with van der Waals surface area (Å²) in [5.74, 6) is 0. The summed E-state index contributed by atoms with van der Waals surface area (Å²) in [6.45, 7) is 11.3. The minimum Gasteiger partial charge on any atom is -0.427 e. The van der Waals surface area contributed by atoms with Gasteiger partial charge in [0.2, 0.25) is 0 Å². The van der Waals surface area contributed by atoms with Gasteiger partial charge in [0.05, 0.1) is 11.2 Å². The molecule has 0 bridgehead atoms. The van der Waals surface area contributed by atoms with Gasteiger partial charge < -0.3 is 9.76 Å². The molecule has 0 rings (SSSR count). The van der Waals surface area contributed by atoms with Crippen molar-refractivity contribution in [2.45, 2.75) is 59.2 Å². The van der Waals surface area contributed by atoms with Crippen molar-refractivity contribution in [3.63, 3.8) is 0 Å². The zero-order chi connectivity index (χ0) is 11.4. The Morgan fingerprint density at radius 1 is 1.36 bits per heavy atom. The lowest BCUT2D eigenvalue weighted by Gasteiger charge is -2.37. The van der Waals surface area contributed by atoms with Crippen LogP contribution in [0, 0.1) is 0 Å². The molecule has 0 aromatic heterocycles. The maximum atomic E-state index is 9.84. The fourth-order valence-corrected chi connectivity index (χ4v) is 0.723. The van der Waals surface area contributed by atoms with Crippen LogP contribution in [0.25, 0.3) is 0 Å². The Hall–Kier alpha value is -0.275. The average Bonchev–Trinajstić information content (AvgIpc) is 2.04. The molecule has 0 aliphatic heterocycles. The van der Waals surface area contributed by atoms with Crippen LogP contribution in [-0.2, 0) is 4.65 Å². The van der Waals surface area contributed by atoms with E-state index < -0.39 is 11.2 Å². The summed E-state index contributed by atoms with van der Waals surface area (Å²) in [6, 6.07) is 0. The Morgan fingerprint density at radius 2 is 1.86 bits per heavy atom. The summed E-state index contributed by atoms with van der Waals surface area (Å²) in [5, 5.41) is 9.84. The lowest BCUT2D eigenvalue weighted by molar-refractivity contribution is -0.0897. The van der Waals surface area contributed by atoms with E-state index in [-0.39, 0.29) is 0 Å². The molecule has 1 N–H and O–H groups in total. The van der Waals surface area contributed by atoms with Gasteiger partial charge in [0.1, 0.15) is 0 Å². The number of allylic oxidation sites excluding steroid dienone is 2. The van der Waals surface area contributed by atoms with Crippen molar-refractivity contribution in [1.82, 2.24) is 0 Å². The molecule has 0 atom stereocenters. The molecule has 0 saturated heterocycles. The van der Waals surface area contributed by atoms with Gasteiger partial charge in [0, 0.05) is 0 Å². The van der Waals surface area contributed by atoms with Crippen LogP contribution in [0.3, 0.4) is 0 Å². The van der Waals surface area contributed by atoms with E-state index in [2.05, 4.69) is 6.92 Å². The van der Waals surface area contributed by atoms with E-state index in [4.69, 9.17) is 4.65 Å². The highest BCUT2D eigenvalue weighted by molar-refractivity contribution is 6.38. The molecule has 0 fully saturated rings. The van der Waals surface area contributed by atoms with E-state index in [0.29, 0.717) is 0 Å². The van der Waals surface area contributed by atoms with E-state index in [1.165, 1.54) is 0 Å². The third kappa shape index (κ3) is 3.85. The molecule has 0 aromatic carbocycles. The molecule has 0 aromatic rings. The lowest BCUT2D eigenvalue weighted by Crippen LogP contribution is -2.48. The highest BCUT2D eigenvalue weighted by Crippen LogP contribution is 2.25. The van der Waals surface area contributed by atoms with Crippen LogP contribution in [0.2, 0.25) is 0 Å². The normalized spacial score (nSPS) is 14.4. The van der Waals surface area contributed by atoms with Gasteiger partial charge in [0.25, 0.3) is 0 Å². The van der Waals surface area contributed by atoms with Crippen molar-refractivity contribution >= 4 is 7.48 Å². The van der Waals surface area contributed by atoms with Gasteiger partial charge in [-0.3, -0.25) is 0 Å².